The topological polar surface area (TPSA) is 193 Å². The van der Waals surface area contributed by atoms with Crippen LogP contribution in [0.2, 0.25) is 0 Å². The zero-order valence-electron chi connectivity index (χ0n) is 14.5. The van der Waals surface area contributed by atoms with Crippen molar-refractivity contribution in [2.24, 2.45) is 40.3 Å². The molecule has 0 radical (unpaired) electrons. The molecule has 0 aliphatic heterocycles. The van der Waals surface area contributed by atoms with E-state index in [4.69, 9.17) is 39.5 Å². The number of hydrogen-bond acceptors (Lipinski definition) is 7. The molecule has 0 fully saturated rings. The maximum absolute atomic E-state index is 10.4. The molecule has 138 valence electrons. The molecular formula is C14H40N6O2. The van der Waals surface area contributed by atoms with Crippen molar-refractivity contribution in [3.63, 3.8) is 0 Å². The van der Waals surface area contributed by atoms with Crippen molar-refractivity contribution < 1.29 is 9.90 Å². The molecule has 0 saturated heterocycles. The van der Waals surface area contributed by atoms with E-state index in [-0.39, 0.29) is 5.92 Å². The van der Waals surface area contributed by atoms with Gasteiger partial charge in [0.2, 0.25) is 0 Å². The van der Waals surface area contributed by atoms with E-state index in [2.05, 4.69) is 6.92 Å². The molecule has 8 heteroatoms. The highest BCUT2D eigenvalue weighted by Crippen LogP contribution is 2.11. The van der Waals surface area contributed by atoms with E-state index in [1.165, 1.54) is 0 Å². The lowest BCUT2D eigenvalue weighted by Crippen LogP contribution is -2.11. The third-order valence-corrected chi connectivity index (χ3v) is 2.25. The smallest absolute Gasteiger partial charge is 0.306 e. The predicted octanol–water partition coefficient (Wildman–Crippen LogP) is -1.00. The van der Waals surface area contributed by atoms with Gasteiger partial charge in [0.15, 0.2) is 0 Å². The Balaban J connectivity index is -0.000000112. The molecule has 22 heavy (non-hydrogen) atoms. The number of unbranched alkanes of at least 4 members (excludes halogenated alkanes) is 1. The fraction of sp³-hybridized carbons (Fsp3) is 0.929. The predicted molar refractivity (Wildman–Crippen MR) is 95.3 cm³/mol. The zero-order valence-corrected chi connectivity index (χ0v) is 14.5. The molecule has 1 unspecified atom stereocenters. The van der Waals surface area contributed by atoms with E-state index in [0.29, 0.717) is 39.3 Å². The van der Waals surface area contributed by atoms with Gasteiger partial charge in [-0.3, -0.25) is 4.79 Å². The molecule has 0 saturated carbocycles. The summed E-state index contributed by atoms with van der Waals surface area (Å²) < 4.78 is 0. The summed E-state index contributed by atoms with van der Waals surface area (Å²) >= 11 is 0. The van der Waals surface area contributed by atoms with Crippen LogP contribution in [0.25, 0.3) is 0 Å². The number of carboxylic acids is 1. The summed E-state index contributed by atoms with van der Waals surface area (Å²) in [5.74, 6) is -0.754. The Labute approximate surface area is 135 Å². The molecule has 0 aromatic heterocycles. The summed E-state index contributed by atoms with van der Waals surface area (Å²) in [6.07, 6.45) is 3.71. The van der Waals surface area contributed by atoms with E-state index in [1.807, 2.05) is 6.92 Å². The molecule has 0 amide bonds. The van der Waals surface area contributed by atoms with Crippen molar-refractivity contribution >= 4 is 5.97 Å². The Bertz CT molecular complexity index is 169. The number of rotatable bonds is 8. The second kappa shape index (κ2) is 32.3. The molecule has 8 nitrogen and oxygen atoms in total. The molecule has 1 atom stereocenters. The monoisotopic (exact) mass is 324 g/mol. The SMILES string of the molecule is CCCCC(CC)C(=O)O.NCCN.NCCN.NCCN. The van der Waals surface area contributed by atoms with Gasteiger partial charge in [-0.15, -0.1) is 0 Å². The summed E-state index contributed by atoms with van der Waals surface area (Å²) in [5.41, 5.74) is 29.4. The van der Waals surface area contributed by atoms with E-state index in [0.717, 1.165) is 25.7 Å². The Morgan fingerprint density at radius 3 is 1.27 bits per heavy atom. The van der Waals surface area contributed by atoms with Crippen molar-refractivity contribution in [2.75, 3.05) is 39.3 Å². The highest BCUT2D eigenvalue weighted by atomic mass is 16.4. The first-order chi connectivity index (χ1) is 10.5. The Morgan fingerprint density at radius 1 is 0.818 bits per heavy atom. The Morgan fingerprint density at radius 2 is 1.14 bits per heavy atom. The van der Waals surface area contributed by atoms with Gasteiger partial charge >= 0.3 is 5.97 Å². The summed E-state index contributed by atoms with van der Waals surface area (Å²) in [7, 11) is 0. The number of carbonyl (C=O) groups is 1. The average molecular weight is 325 g/mol. The summed E-state index contributed by atoms with van der Waals surface area (Å²) in [5, 5.41) is 8.60. The largest absolute Gasteiger partial charge is 0.481 e. The van der Waals surface area contributed by atoms with Gasteiger partial charge in [0.25, 0.3) is 0 Å². The van der Waals surface area contributed by atoms with Crippen LogP contribution in [0.5, 0.6) is 0 Å². The molecular weight excluding hydrogens is 284 g/mol. The average Bonchev–Trinajstić information content (AvgIpc) is 2.56. The lowest BCUT2D eigenvalue weighted by Gasteiger charge is -2.06. The lowest BCUT2D eigenvalue weighted by atomic mass is 10.00. The molecule has 0 aromatic carbocycles. The third-order valence-electron chi connectivity index (χ3n) is 2.25. The van der Waals surface area contributed by atoms with E-state index >= 15 is 0 Å². The van der Waals surface area contributed by atoms with Crippen LogP contribution in [0.15, 0.2) is 0 Å². The Kier molecular flexibility index (Phi) is 42.9. The first-order valence-corrected chi connectivity index (χ1v) is 7.90. The van der Waals surface area contributed by atoms with Gasteiger partial charge < -0.3 is 39.5 Å². The lowest BCUT2D eigenvalue weighted by molar-refractivity contribution is -0.142. The molecule has 0 heterocycles. The fourth-order valence-corrected chi connectivity index (χ4v) is 0.953. The van der Waals surface area contributed by atoms with Crippen LogP contribution in [0.3, 0.4) is 0 Å². The summed E-state index contributed by atoms with van der Waals surface area (Å²) in [6, 6.07) is 0. The summed E-state index contributed by atoms with van der Waals surface area (Å²) in [6.45, 7) is 7.59. The van der Waals surface area contributed by atoms with Crippen LogP contribution in [-0.4, -0.2) is 50.3 Å². The van der Waals surface area contributed by atoms with Crippen molar-refractivity contribution in [2.45, 2.75) is 39.5 Å². The Hall–Kier alpha value is -0.770. The zero-order chi connectivity index (χ0) is 18.2. The highest BCUT2D eigenvalue weighted by Gasteiger charge is 2.12. The number of nitrogens with two attached hydrogens (primary N) is 6. The van der Waals surface area contributed by atoms with Crippen molar-refractivity contribution in [1.82, 2.24) is 0 Å². The van der Waals surface area contributed by atoms with Gasteiger partial charge in [0.05, 0.1) is 5.92 Å². The van der Waals surface area contributed by atoms with Crippen LogP contribution >= 0.6 is 0 Å². The number of aliphatic carboxylic acids is 1. The first kappa shape index (κ1) is 29.3. The molecule has 0 bridgehead atoms. The van der Waals surface area contributed by atoms with Gasteiger partial charge in [-0.05, 0) is 12.8 Å². The third kappa shape index (κ3) is 42.7. The van der Waals surface area contributed by atoms with Crippen molar-refractivity contribution in [3.8, 4) is 0 Å². The maximum atomic E-state index is 10.4. The van der Waals surface area contributed by atoms with Crippen LogP contribution in [0.4, 0.5) is 0 Å². The van der Waals surface area contributed by atoms with E-state index < -0.39 is 5.97 Å². The second-order valence-electron chi connectivity index (χ2n) is 4.32. The number of hydrogen-bond donors (Lipinski definition) is 7. The summed E-state index contributed by atoms with van der Waals surface area (Å²) in [4.78, 5) is 10.4. The minimum absolute atomic E-state index is 0.111. The van der Waals surface area contributed by atoms with E-state index in [9.17, 15) is 4.79 Å². The van der Waals surface area contributed by atoms with Gasteiger partial charge in [0, 0.05) is 39.3 Å². The minimum atomic E-state index is -0.643. The van der Waals surface area contributed by atoms with Crippen LogP contribution < -0.4 is 34.4 Å². The molecule has 13 N–H and O–H groups in total. The standard InChI is InChI=1S/C8H16O2.3C2H8N2/c1-3-5-6-7(4-2)8(9)10;3*3-1-2-4/h7H,3-6H2,1-2H3,(H,9,10);3*1-4H2. The molecule has 0 aliphatic rings. The number of carboxylic acid groups (broad SMARTS) is 1. The van der Waals surface area contributed by atoms with Gasteiger partial charge in [-0.2, -0.15) is 0 Å². The first-order valence-electron chi connectivity index (χ1n) is 7.90. The quantitative estimate of drug-likeness (QED) is 0.295. The maximum Gasteiger partial charge on any atom is 0.306 e. The normalized spacial score (nSPS) is 10.0. The molecule has 0 aromatic rings. The second-order valence-corrected chi connectivity index (χ2v) is 4.32. The van der Waals surface area contributed by atoms with E-state index in [1.54, 1.807) is 0 Å². The van der Waals surface area contributed by atoms with Gasteiger partial charge in [0.1, 0.15) is 0 Å². The highest BCUT2D eigenvalue weighted by molar-refractivity contribution is 5.69. The van der Waals surface area contributed by atoms with Gasteiger partial charge in [-0.1, -0.05) is 26.7 Å². The van der Waals surface area contributed by atoms with Crippen LogP contribution in [-0.2, 0) is 4.79 Å². The minimum Gasteiger partial charge on any atom is -0.481 e. The fourth-order valence-electron chi connectivity index (χ4n) is 0.953. The molecule has 0 aliphatic carbocycles. The van der Waals surface area contributed by atoms with Gasteiger partial charge in [-0.25, -0.2) is 0 Å². The van der Waals surface area contributed by atoms with Crippen molar-refractivity contribution in [3.05, 3.63) is 0 Å². The molecule has 0 spiro atoms. The molecule has 0 rings (SSSR count). The van der Waals surface area contributed by atoms with Crippen molar-refractivity contribution in [1.29, 1.82) is 0 Å². The van der Waals surface area contributed by atoms with Crippen LogP contribution in [0, 0.1) is 5.92 Å². The van der Waals surface area contributed by atoms with Crippen LogP contribution in [0.1, 0.15) is 39.5 Å².